The molecule has 32 heavy (non-hydrogen) atoms. The molecular formula is C21H21BrClN3O6. The molecule has 2 N–H and O–H groups in total. The molecule has 0 bridgehead atoms. The first-order valence-electron chi connectivity index (χ1n) is 9.27. The first-order valence-corrected chi connectivity index (χ1v) is 10.4. The molecule has 0 spiro atoms. The first kappa shape index (κ1) is 25.2. The van der Waals surface area contributed by atoms with Crippen LogP contribution in [0.1, 0.15) is 18.4 Å². The van der Waals surface area contributed by atoms with Gasteiger partial charge in [0.15, 0.2) is 18.1 Å². The van der Waals surface area contributed by atoms with Crippen LogP contribution in [0.5, 0.6) is 11.5 Å². The number of benzene rings is 2. The summed E-state index contributed by atoms with van der Waals surface area (Å²) in [5.41, 5.74) is 3.51. The Hall–Kier alpha value is -3.11. The fourth-order valence-corrected chi connectivity index (χ4v) is 3.16. The molecule has 0 aliphatic heterocycles. The molecule has 0 radical (unpaired) electrons. The number of carbonyl (C=O) groups excluding carboxylic acids is 3. The molecular weight excluding hydrogens is 506 g/mol. The smallest absolute Gasteiger partial charge is 0.343 e. The number of nitrogens with one attached hydrogen (secondary N) is 2. The molecule has 0 aliphatic rings. The van der Waals surface area contributed by atoms with Crippen LogP contribution in [0.2, 0.25) is 5.02 Å². The van der Waals surface area contributed by atoms with Gasteiger partial charge in [0.25, 0.3) is 0 Å². The van der Waals surface area contributed by atoms with Crippen molar-refractivity contribution < 1.29 is 28.6 Å². The second-order valence-corrected chi connectivity index (χ2v) is 7.54. The van der Waals surface area contributed by atoms with Gasteiger partial charge in [-0.25, -0.2) is 10.2 Å². The van der Waals surface area contributed by atoms with Gasteiger partial charge in [0, 0.05) is 23.6 Å². The van der Waals surface area contributed by atoms with E-state index in [1.54, 1.807) is 36.4 Å². The van der Waals surface area contributed by atoms with Crippen molar-refractivity contribution in [1.29, 1.82) is 0 Å². The van der Waals surface area contributed by atoms with Crippen molar-refractivity contribution in [2.75, 3.05) is 26.1 Å². The summed E-state index contributed by atoms with van der Waals surface area (Å²) in [6, 6.07) is 10.0. The number of anilines is 1. The average molecular weight is 527 g/mol. The minimum absolute atomic E-state index is 0.0144. The lowest BCUT2D eigenvalue weighted by atomic mass is 10.2. The number of esters is 1. The molecule has 0 saturated heterocycles. The second-order valence-electron chi connectivity index (χ2n) is 6.25. The molecule has 0 aliphatic carbocycles. The Morgan fingerprint density at radius 3 is 2.56 bits per heavy atom. The Morgan fingerprint density at radius 2 is 1.88 bits per heavy atom. The van der Waals surface area contributed by atoms with E-state index >= 15 is 0 Å². The van der Waals surface area contributed by atoms with Crippen LogP contribution in [0, 0.1) is 0 Å². The molecule has 2 aromatic carbocycles. The van der Waals surface area contributed by atoms with Gasteiger partial charge in [-0.2, -0.15) is 5.10 Å². The summed E-state index contributed by atoms with van der Waals surface area (Å²) in [5, 5.41) is 7.05. The monoisotopic (exact) mass is 525 g/mol. The number of ether oxygens (including phenoxy) is 3. The number of hydrogen-bond donors (Lipinski definition) is 2. The molecule has 0 unspecified atom stereocenters. The van der Waals surface area contributed by atoms with Crippen molar-refractivity contribution in [3.63, 3.8) is 0 Å². The Kier molecular flexibility index (Phi) is 9.96. The highest BCUT2D eigenvalue weighted by Crippen LogP contribution is 2.36. The number of halogens is 2. The van der Waals surface area contributed by atoms with Crippen LogP contribution in [0.15, 0.2) is 46.0 Å². The lowest BCUT2D eigenvalue weighted by Crippen LogP contribution is -2.20. The zero-order chi connectivity index (χ0) is 23.5. The van der Waals surface area contributed by atoms with Crippen LogP contribution < -0.4 is 20.2 Å². The maximum absolute atomic E-state index is 11.9. The third-order valence-electron chi connectivity index (χ3n) is 3.90. The van der Waals surface area contributed by atoms with Gasteiger partial charge in [0.1, 0.15) is 0 Å². The van der Waals surface area contributed by atoms with E-state index in [2.05, 4.69) is 36.5 Å². The van der Waals surface area contributed by atoms with Gasteiger partial charge in [0.2, 0.25) is 11.8 Å². The number of nitrogens with zero attached hydrogens (tertiary/aromatic N) is 1. The molecule has 9 nitrogen and oxygen atoms in total. The van der Waals surface area contributed by atoms with E-state index in [0.29, 0.717) is 32.2 Å². The van der Waals surface area contributed by atoms with E-state index in [4.69, 9.17) is 21.1 Å². The number of methoxy groups -OCH3 is 2. The van der Waals surface area contributed by atoms with Gasteiger partial charge in [-0.05, 0) is 51.8 Å². The van der Waals surface area contributed by atoms with E-state index in [1.807, 2.05) is 0 Å². The number of carbonyl (C=O) groups is 3. The number of hydrazone groups is 1. The highest BCUT2D eigenvalue weighted by molar-refractivity contribution is 9.10. The lowest BCUT2D eigenvalue weighted by Gasteiger charge is -2.12. The minimum atomic E-state index is -0.534. The fourth-order valence-electron chi connectivity index (χ4n) is 2.40. The van der Waals surface area contributed by atoms with Crippen LogP contribution in [0.25, 0.3) is 0 Å². The van der Waals surface area contributed by atoms with E-state index in [0.717, 1.165) is 0 Å². The first-order chi connectivity index (χ1) is 15.3. The lowest BCUT2D eigenvalue weighted by molar-refractivity contribution is -0.143. The highest BCUT2D eigenvalue weighted by atomic mass is 79.9. The van der Waals surface area contributed by atoms with Crippen LogP contribution in [0.3, 0.4) is 0 Å². The van der Waals surface area contributed by atoms with Gasteiger partial charge in [-0.1, -0.05) is 17.7 Å². The SMILES string of the molecule is COC(=O)COc1c(Br)cc(C=NNC(=O)CCC(=O)Nc2cccc(Cl)c2)cc1OC. The normalized spacial score (nSPS) is 10.5. The second kappa shape index (κ2) is 12.7. The van der Waals surface area contributed by atoms with Gasteiger partial charge in [0.05, 0.1) is 24.9 Å². The Balaban J connectivity index is 1.87. The number of amides is 2. The van der Waals surface area contributed by atoms with Gasteiger partial charge < -0.3 is 19.5 Å². The van der Waals surface area contributed by atoms with Crippen molar-refractivity contribution in [3.8, 4) is 11.5 Å². The summed E-state index contributed by atoms with van der Waals surface area (Å²) in [5.74, 6) is -0.596. The summed E-state index contributed by atoms with van der Waals surface area (Å²) >= 11 is 9.21. The quantitative estimate of drug-likeness (QED) is 0.278. The molecule has 170 valence electrons. The van der Waals surface area contributed by atoms with Gasteiger partial charge in [-0.15, -0.1) is 0 Å². The van der Waals surface area contributed by atoms with E-state index < -0.39 is 11.9 Å². The van der Waals surface area contributed by atoms with Crippen molar-refractivity contribution in [2.24, 2.45) is 5.10 Å². The zero-order valence-corrected chi connectivity index (χ0v) is 19.7. The minimum Gasteiger partial charge on any atom is -0.493 e. The maximum atomic E-state index is 11.9. The molecule has 2 rings (SSSR count). The molecule has 0 heterocycles. The summed E-state index contributed by atoms with van der Waals surface area (Å²) in [7, 11) is 2.71. The van der Waals surface area contributed by atoms with Crippen molar-refractivity contribution in [2.45, 2.75) is 12.8 Å². The number of rotatable bonds is 10. The third kappa shape index (κ3) is 8.20. The van der Waals surface area contributed by atoms with Gasteiger partial charge in [-0.3, -0.25) is 9.59 Å². The Bertz CT molecular complexity index is 1020. The summed E-state index contributed by atoms with van der Waals surface area (Å²) < 4.78 is 15.7. The molecule has 2 amide bonds. The maximum Gasteiger partial charge on any atom is 0.343 e. The van der Waals surface area contributed by atoms with E-state index in [1.165, 1.54) is 20.4 Å². The van der Waals surface area contributed by atoms with Crippen LogP contribution in [0.4, 0.5) is 5.69 Å². The van der Waals surface area contributed by atoms with Crippen LogP contribution >= 0.6 is 27.5 Å². The Labute approximate surface area is 198 Å². The topological polar surface area (TPSA) is 115 Å². The fraction of sp³-hybridized carbons (Fsp3) is 0.238. The number of hydrogen-bond acceptors (Lipinski definition) is 7. The third-order valence-corrected chi connectivity index (χ3v) is 4.73. The molecule has 0 saturated carbocycles. The summed E-state index contributed by atoms with van der Waals surface area (Å²) in [6.07, 6.45) is 1.35. The zero-order valence-electron chi connectivity index (χ0n) is 17.3. The molecule has 2 aromatic rings. The predicted molar refractivity (Wildman–Crippen MR) is 123 cm³/mol. The van der Waals surface area contributed by atoms with E-state index in [-0.39, 0.29) is 25.4 Å². The highest BCUT2D eigenvalue weighted by Gasteiger charge is 2.13. The van der Waals surface area contributed by atoms with Crippen molar-refractivity contribution >= 4 is 57.2 Å². The predicted octanol–water partition coefficient (Wildman–Crippen LogP) is 3.53. The molecule has 0 fully saturated rings. The molecule has 0 atom stereocenters. The Morgan fingerprint density at radius 1 is 1.12 bits per heavy atom. The van der Waals surface area contributed by atoms with Crippen LogP contribution in [-0.4, -0.2) is 44.8 Å². The summed E-state index contributed by atoms with van der Waals surface area (Å²) in [6.45, 7) is -0.278. The van der Waals surface area contributed by atoms with Crippen molar-refractivity contribution in [3.05, 3.63) is 51.5 Å². The summed E-state index contributed by atoms with van der Waals surface area (Å²) in [4.78, 5) is 35.2. The molecule has 0 aromatic heterocycles. The van der Waals surface area contributed by atoms with E-state index in [9.17, 15) is 14.4 Å². The standard InChI is InChI=1S/C21H21BrClN3O6/c1-30-17-9-13(8-16(22)21(17)32-12-20(29)31-2)11-24-26-19(28)7-6-18(27)25-15-5-3-4-14(23)10-15/h3-5,8-11H,6-7,12H2,1-2H3,(H,25,27)(H,26,28). The molecule has 11 heteroatoms. The average Bonchev–Trinajstić information content (AvgIpc) is 2.76. The van der Waals surface area contributed by atoms with Gasteiger partial charge >= 0.3 is 5.97 Å². The van der Waals surface area contributed by atoms with Crippen LogP contribution in [-0.2, 0) is 19.1 Å². The largest absolute Gasteiger partial charge is 0.493 e. The van der Waals surface area contributed by atoms with Crippen molar-refractivity contribution in [1.82, 2.24) is 5.43 Å².